The second kappa shape index (κ2) is 13.7. The fourth-order valence-electron chi connectivity index (χ4n) is 4.82. The molecular formula is C31H32ClN3O8S2. The average molecular weight is 674 g/mol. The maximum atomic E-state index is 12.4. The van der Waals surface area contributed by atoms with E-state index in [1.165, 1.54) is 0 Å². The van der Waals surface area contributed by atoms with Gasteiger partial charge in [-0.05, 0) is 47.4 Å². The van der Waals surface area contributed by atoms with Crippen molar-refractivity contribution in [3.8, 4) is 16.9 Å². The summed E-state index contributed by atoms with van der Waals surface area (Å²) >= 11 is 6.26. The molecule has 1 aliphatic heterocycles. The zero-order valence-electron chi connectivity index (χ0n) is 24.6. The van der Waals surface area contributed by atoms with Crippen molar-refractivity contribution in [2.75, 3.05) is 29.5 Å². The van der Waals surface area contributed by atoms with Gasteiger partial charge in [0.1, 0.15) is 10.1 Å². The van der Waals surface area contributed by atoms with Crippen molar-refractivity contribution in [1.82, 2.24) is 5.48 Å². The lowest BCUT2D eigenvalue weighted by Crippen LogP contribution is -2.38. The van der Waals surface area contributed by atoms with Gasteiger partial charge in [0.15, 0.2) is 12.3 Å². The van der Waals surface area contributed by atoms with E-state index in [2.05, 4.69) is 5.48 Å². The molecule has 4 aromatic rings. The number of nitrogens with one attached hydrogen (secondary N) is 1. The first-order valence-electron chi connectivity index (χ1n) is 14.2. The molecule has 2 heterocycles. The van der Waals surface area contributed by atoms with E-state index in [1.807, 2.05) is 49.4 Å². The monoisotopic (exact) mass is 673 g/mol. The molecule has 5 rings (SSSR count). The van der Waals surface area contributed by atoms with Gasteiger partial charge in [-0.15, -0.1) is 0 Å². The van der Waals surface area contributed by atoms with Gasteiger partial charge in [-0.2, -0.15) is 22.7 Å². The Morgan fingerprint density at radius 2 is 1.80 bits per heavy atom. The minimum atomic E-state index is -4.51. The van der Waals surface area contributed by atoms with Crippen molar-refractivity contribution < 1.29 is 39.4 Å². The van der Waals surface area contributed by atoms with E-state index in [0.717, 1.165) is 16.7 Å². The Balaban J connectivity index is 1.54. The molecule has 0 amide bonds. The number of aromatic nitrogens is 1. The molecular weight excluding hydrogens is 642 g/mol. The van der Waals surface area contributed by atoms with Gasteiger partial charge in [0.25, 0.3) is 15.6 Å². The smallest absolute Gasteiger partial charge is 0.374 e. The molecule has 0 bridgehead atoms. The SMILES string of the molecule is CCNOS(=O)(=O)CCN1/C(=C\C(=C/c2oc3ccc(-c4ccccc4)cc3[n+]2CCS(=O)(=O)[O-])CC)Oc2ccc(Cl)cc21. The molecule has 1 aromatic heterocycles. The Labute approximate surface area is 267 Å². The Bertz CT molecular complexity index is 1970. The minimum absolute atomic E-state index is 0.0121. The zero-order chi connectivity index (χ0) is 32.2. The molecule has 0 spiro atoms. The highest BCUT2D eigenvalue weighted by Crippen LogP contribution is 2.41. The van der Waals surface area contributed by atoms with E-state index < -0.39 is 26.0 Å². The van der Waals surface area contributed by atoms with Gasteiger partial charge in [0.05, 0.1) is 23.3 Å². The molecule has 45 heavy (non-hydrogen) atoms. The Morgan fingerprint density at radius 3 is 2.51 bits per heavy atom. The first-order chi connectivity index (χ1) is 21.5. The third kappa shape index (κ3) is 8.12. The van der Waals surface area contributed by atoms with E-state index in [-0.39, 0.29) is 18.8 Å². The van der Waals surface area contributed by atoms with Crippen LogP contribution in [0.3, 0.4) is 0 Å². The maximum Gasteiger partial charge on any atom is 0.374 e. The molecule has 0 radical (unpaired) electrons. The molecule has 14 heteroatoms. The summed E-state index contributed by atoms with van der Waals surface area (Å²) < 4.78 is 78.5. The Kier molecular flexibility index (Phi) is 9.97. The van der Waals surface area contributed by atoms with Crippen molar-refractivity contribution in [1.29, 1.82) is 0 Å². The predicted molar refractivity (Wildman–Crippen MR) is 171 cm³/mol. The quantitative estimate of drug-likeness (QED) is 0.117. The number of aryl methyl sites for hydroxylation is 1. The molecule has 3 aromatic carbocycles. The van der Waals surface area contributed by atoms with Crippen molar-refractivity contribution >= 4 is 54.7 Å². The number of oxazole rings is 1. The number of anilines is 1. The number of nitrogens with zero attached hydrogens (tertiary/aromatic N) is 2. The van der Waals surface area contributed by atoms with Crippen LogP contribution in [0.5, 0.6) is 5.75 Å². The molecule has 0 aliphatic carbocycles. The third-order valence-electron chi connectivity index (χ3n) is 7.02. The topological polar surface area (TPSA) is 142 Å². The molecule has 11 nitrogen and oxygen atoms in total. The molecule has 1 N–H and O–H groups in total. The molecule has 0 unspecified atom stereocenters. The summed E-state index contributed by atoms with van der Waals surface area (Å²) in [5, 5.41) is 0.452. The van der Waals surface area contributed by atoms with Gasteiger partial charge in [-0.1, -0.05) is 61.8 Å². The number of halogens is 1. The van der Waals surface area contributed by atoms with Crippen LogP contribution in [-0.4, -0.2) is 46.0 Å². The van der Waals surface area contributed by atoms with E-state index in [1.54, 1.807) is 52.8 Å². The van der Waals surface area contributed by atoms with Gasteiger partial charge >= 0.3 is 5.89 Å². The predicted octanol–water partition coefficient (Wildman–Crippen LogP) is 4.99. The molecule has 0 fully saturated rings. The number of benzene rings is 3. The van der Waals surface area contributed by atoms with E-state index in [0.29, 0.717) is 52.3 Å². The lowest BCUT2D eigenvalue weighted by molar-refractivity contribution is -0.673. The number of hydroxylamine groups is 1. The van der Waals surface area contributed by atoms with Crippen LogP contribution in [-0.2, 0) is 31.1 Å². The van der Waals surface area contributed by atoms with Crippen molar-refractivity contribution in [2.45, 2.75) is 26.8 Å². The Morgan fingerprint density at radius 1 is 1.02 bits per heavy atom. The Hall–Kier alpha value is -3.72. The van der Waals surface area contributed by atoms with Gasteiger partial charge < -0.3 is 18.6 Å². The summed E-state index contributed by atoms with van der Waals surface area (Å²) in [7, 11) is -8.40. The highest BCUT2D eigenvalue weighted by atomic mass is 35.5. The summed E-state index contributed by atoms with van der Waals surface area (Å²) in [6.45, 7) is 3.85. The van der Waals surface area contributed by atoms with Gasteiger partial charge in [0, 0.05) is 30.3 Å². The molecule has 1 aliphatic rings. The van der Waals surface area contributed by atoms with Crippen LogP contribution in [0.4, 0.5) is 5.69 Å². The molecule has 0 atom stereocenters. The van der Waals surface area contributed by atoms with Crippen LogP contribution in [0.25, 0.3) is 28.3 Å². The van der Waals surface area contributed by atoms with Crippen molar-refractivity contribution in [2.24, 2.45) is 0 Å². The number of allylic oxidation sites excluding steroid dienone is 2. The zero-order valence-corrected chi connectivity index (χ0v) is 27.0. The molecule has 238 valence electrons. The lowest BCUT2D eigenvalue weighted by Gasteiger charge is -2.18. The summed E-state index contributed by atoms with van der Waals surface area (Å²) in [5.74, 6) is 0.227. The van der Waals surface area contributed by atoms with Crippen LogP contribution < -0.4 is 19.7 Å². The van der Waals surface area contributed by atoms with Crippen LogP contribution in [0.15, 0.2) is 88.7 Å². The first-order valence-corrected chi connectivity index (χ1v) is 17.8. The minimum Gasteiger partial charge on any atom is -0.748 e. The second-order valence-corrected chi connectivity index (χ2v) is 13.8. The van der Waals surface area contributed by atoms with Crippen molar-refractivity contribution in [3.05, 3.63) is 95.2 Å². The van der Waals surface area contributed by atoms with Crippen molar-refractivity contribution in [3.63, 3.8) is 0 Å². The number of rotatable bonds is 13. The molecule has 0 saturated carbocycles. The number of ether oxygens (including phenoxy) is 1. The third-order valence-corrected chi connectivity index (χ3v) is 8.99. The largest absolute Gasteiger partial charge is 0.748 e. The first kappa shape index (κ1) is 32.7. The summed E-state index contributed by atoms with van der Waals surface area (Å²) in [4.78, 5) is 1.69. The van der Waals surface area contributed by atoms with E-state index in [4.69, 9.17) is 25.0 Å². The molecule has 0 saturated heterocycles. The number of hydrogen-bond donors (Lipinski definition) is 1. The van der Waals surface area contributed by atoms with Gasteiger partial charge in [-0.3, -0.25) is 0 Å². The van der Waals surface area contributed by atoms with Gasteiger partial charge in [-0.25, -0.2) is 8.42 Å². The van der Waals surface area contributed by atoms with Gasteiger partial charge in [0.2, 0.25) is 11.5 Å². The number of fused-ring (bicyclic) bond motifs is 2. The summed E-state index contributed by atoms with van der Waals surface area (Å²) in [6, 6.07) is 20.4. The fraction of sp³-hybridized carbons (Fsp3) is 0.258. The summed E-state index contributed by atoms with van der Waals surface area (Å²) in [6.07, 6.45) is 4.00. The lowest BCUT2D eigenvalue weighted by atomic mass is 10.1. The van der Waals surface area contributed by atoms with Crippen LogP contribution >= 0.6 is 11.6 Å². The fourth-order valence-corrected chi connectivity index (χ4v) is 6.18. The van der Waals surface area contributed by atoms with Crippen LogP contribution in [0.2, 0.25) is 5.02 Å². The normalized spacial score (nSPS) is 14.7. The standard InChI is InChI=1S/C31H32ClN3O8S2/c1-3-22(19-31-35(15-17-45(39,40)43-33-4-2)27-21-25(32)11-13-29(27)42-31)18-30-34(14-16-44(36,37)38)26-20-24(10-12-28(26)41-30)23-8-6-5-7-9-23/h5-13,18-21,33H,3-4,14-17H2,1-2H3. The summed E-state index contributed by atoms with van der Waals surface area (Å²) in [5.41, 5.74) is 6.69. The van der Waals surface area contributed by atoms with E-state index >= 15 is 0 Å². The van der Waals surface area contributed by atoms with Crippen LogP contribution in [0, 0.1) is 0 Å². The average Bonchev–Trinajstić information content (AvgIpc) is 3.53. The maximum absolute atomic E-state index is 12.4. The van der Waals surface area contributed by atoms with Crippen LogP contribution in [0.1, 0.15) is 26.2 Å². The highest BCUT2D eigenvalue weighted by Gasteiger charge is 2.29. The second-order valence-electron chi connectivity index (χ2n) is 10.2. The number of hydrogen-bond acceptors (Lipinski definition) is 10. The van der Waals surface area contributed by atoms with E-state index in [9.17, 15) is 21.4 Å². The highest BCUT2D eigenvalue weighted by molar-refractivity contribution is 7.86.